The van der Waals surface area contributed by atoms with Crippen LogP contribution in [0, 0.1) is 12.8 Å². The summed E-state index contributed by atoms with van der Waals surface area (Å²) in [5.41, 5.74) is 5.38. The first-order valence-corrected chi connectivity index (χ1v) is 12.0. The lowest BCUT2D eigenvalue weighted by Gasteiger charge is -2.42. The number of nitrogens with zero attached hydrogens (tertiary/aromatic N) is 6. The van der Waals surface area contributed by atoms with E-state index < -0.39 is 0 Å². The molecule has 0 radical (unpaired) electrons. The molecule has 1 aromatic carbocycles. The molecule has 1 amide bonds. The van der Waals surface area contributed by atoms with Gasteiger partial charge in [-0.2, -0.15) is 5.10 Å². The van der Waals surface area contributed by atoms with Crippen molar-refractivity contribution in [3.63, 3.8) is 0 Å². The van der Waals surface area contributed by atoms with E-state index in [0.717, 1.165) is 42.9 Å². The number of aromatic nitrogens is 4. The number of aryl methyl sites for hydroxylation is 2. The van der Waals surface area contributed by atoms with Crippen molar-refractivity contribution in [2.75, 3.05) is 25.5 Å². The van der Waals surface area contributed by atoms with Gasteiger partial charge in [-0.15, -0.1) is 0 Å². The number of anilines is 2. The first-order valence-electron chi connectivity index (χ1n) is 12.0. The minimum Gasteiger partial charge on any atom is -0.333 e. The summed E-state index contributed by atoms with van der Waals surface area (Å²) in [5, 5.41) is 7.40. The molecule has 4 heterocycles. The van der Waals surface area contributed by atoms with Crippen LogP contribution in [-0.4, -0.2) is 61.6 Å². The third-order valence-electron chi connectivity index (χ3n) is 7.17. The van der Waals surface area contributed by atoms with Crippen LogP contribution >= 0.6 is 0 Å². The van der Waals surface area contributed by atoms with Crippen molar-refractivity contribution in [1.29, 1.82) is 0 Å². The van der Waals surface area contributed by atoms with Gasteiger partial charge < -0.3 is 15.1 Å². The number of fused-ring (bicyclic) bond motifs is 1. The fourth-order valence-electron chi connectivity index (χ4n) is 5.33. The number of hydrogen-bond donors (Lipinski definition) is 1. The Morgan fingerprint density at radius 3 is 2.82 bits per heavy atom. The van der Waals surface area contributed by atoms with Gasteiger partial charge in [0.25, 0.3) is 0 Å². The second-order valence-electron chi connectivity index (χ2n) is 9.89. The van der Waals surface area contributed by atoms with Crippen molar-refractivity contribution in [1.82, 2.24) is 29.5 Å². The fraction of sp³-hybridized carbons (Fsp3) is 0.462. The topological polar surface area (TPSA) is 79.2 Å². The maximum atomic E-state index is 14.0. The molecule has 8 nitrogen and oxygen atoms in total. The Kier molecular flexibility index (Phi) is 6.08. The Bertz CT molecular complexity index is 1190. The standard InChI is InChI=1S/C26H33N7O/c1-17-6-5-7-19(10-17)23-15-31(3)9-8-22(23)25(34)33-16-24-20(11-18(33)2)12-27-26(30-24)29-21-13-28-32(4)14-21/h5-7,10,12-14,18,22-23H,8-9,11,15-16H2,1-4H3,(H,27,29,30)/t18-,22+,23-/m1/s1. The van der Waals surface area contributed by atoms with Gasteiger partial charge in [-0.05, 0) is 51.4 Å². The average molecular weight is 460 g/mol. The molecule has 2 aliphatic rings. The number of carbonyl (C=O) groups excluding carboxylic acids is 1. The fourth-order valence-corrected chi connectivity index (χ4v) is 5.33. The summed E-state index contributed by atoms with van der Waals surface area (Å²) in [6.45, 7) is 6.62. The van der Waals surface area contributed by atoms with Crippen LogP contribution in [0.5, 0.6) is 0 Å². The largest absolute Gasteiger partial charge is 0.333 e. The lowest BCUT2D eigenvalue weighted by molar-refractivity contribution is -0.141. The van der Waals surface area contributed by atoms with Crippen molar-refractivity contribution in [2.45, 2.75) is 45.2 Å². The van der Waals surface area contributed by atoms with E-state index in [9.17, 15) is 4.79 Å². The van der Waals surface area contributed by atoms with Crippen molar-refractivity contribution in [3.05, 3.63) is 65.2 Å². The Morgan fingerprint density at radius 2 is 2.06 bits per heavy atom. The highest BCUT2D eigenvalue weighted by Gasteiger charge is 2.39. The van der Waals surface area contributed by atoms with E-state index in [-0.39, 0.29) is 23.8 Å². The quantitative estimate of drug-likeness (QED) is 0.645. The Morgan fingerprint density at radius 1 is 1.21 bits per heavy atom. The monoisotopic (exact) mass is 459 g/mol. The molecule has 1 N–H and O–H groups in total. The molecule has 5 rings (SSSR count). The van der Waals surface area contributed by atoms with Crippen LogP contribution in [0.3, 0.4) is 0 Å². The summed E-state index contributed by atoms with van der Waals surface area (Å²) in [7, 11) is 4.02. The predicted octanol–water partition coefficient (Wildman–Crippen LogP) is 3.27. The SMILES string of the molecule is Cc1cccc([C@H]2CN(C)CC[C@@H]2C(=O)N2Cc3nc(Nc4cnn(C)c4)ncc3C[C@H]2C)c1. The second kappa shape index (κ2) is 9.18. The molecule has 34 heavy (non-hydrogen) atoms. The second-order valence-corrected chi connectivity index (χ2v) is 9.89. The molecule has 1 saturated heterocycles. The van der Waals surface area contributed by atoms with Crippen LogP contribution in [0.25, 0.3) is 0 Å². The number of piperidine rings is 1. The number of nitrogens with one attached hydrogen (secondary N) is 1. The Hall–Kier alpha value is -3.26. The van der Waals surface area contributed by atoms with Crippen LogP contribution in [0.2, 0.25) is 0 Å². The molecule has 178 valence electrons. The summed E-state index contributed by atoms with van der Waals surface area (Å²) in [4.78, 5) is 27.6. The van der Waals surface area contributed by atoms with Gasteiger partial charge in [0, 0.05) is 43.9 Å². The highest BCUT2D eigenvalue weighted by atomic mass is 16.2. The van der Waals surface area contributed by atoms with Gasteiger partial charge in [-0.3, -0.25) is 9.48 Å². The average Bonchev–Trinajstić information content (AvgIpc) is 3.22. The molecule has 2 aromatic heterocycles. The zero-order chi connectivity index (χ0) is 23.8. The van der Waals surface area contributed by atoms with Crippen molar-refractivity contribution >= 4 is 17.5 Å². The molecule has 3 aromatic rings. The summed E-state index contributed by atoms with van der Waals surface area (Å²) in [5.74, 6) is 0.966. The molecular formula is C26H33N7O. The zero-order valence-electron chi connectivity index (χ0n) is 20.4. The van der Waals surface area contributed by atoms with Crippen LogP contribution in [0.15, 0.2) is 42.9 Å². The van der Waals surface area contributed by atoms with Crippen LogP contribution in [0.1, 0.15) is 41.6 Å². The number of hydrogen-bond acceptors (Lipinski definition) is 6. The smallest absolute Gasteiger partial charge is 0.227 e. The first kappa shape index (κ1) is 22.5. The lowest BCUT2D eigenvalue weighted by atomic mass is 9.79. The van der Waals surface area contributed by atoms with Gasteiger partial charge in [0.15, 0.2) is 0 Å². The zero-order valence-corrected chi connectivity index (χ0v) is 20.4. The molecule has 1 fully saturated rings. The minimum atomic E-state index is -0.0168. The van der Waals surface area contributed by atoms with E-state index in [4.69, 9.17) is 4.98 Å². The predicted molar refractivity (Wildman–Crippen MR) is 132 cm³/mol. The Labute approximate surface area is 201 Å². The van der Waals surface area contributed by atoms with Gasteiger partial charge >= 0.3 is 0 Å². The van der Waals surface area contributed by atoms with Gasteiger partial charge in [0.05, 0.1) is 24.1 Å². The normalized spacial score (nSPS) is 22.9. The van der Waals surface area contributed by atoms with Gasteiger partial charge in [0.2, 0.25) is 11.9 Å². The number of rotatable bonds is 4. The van der Waals surface area contributed by atoms with Crippen LogP contribution in [-0.2, 0) is 24.8 Å². The van der Waals surface area contributed by atoms with E-state index in [0.29, 0.717) is 12.5 Å². The first-order chi connectivity index (χ1) is 16.4. The van der Waals surface area contributed by atoms with Crippen LogP contribution < -0.4 is 5.32 Å². The maximum Gasteiger partial charge on any atom is 0.227 e. The summed E-state index contributed by atoms with van der Waals surface area (Å²) >= 11 is 0. The molecule has 0 spiro atoms. The van der Waals surface area contributed by atoms with E-state index in [1.165, 1.54) is 11.1 Å². The highest BCUT2D eigenvalue weighted by Crippen LogP contribution is 2.36. The molecular weight excluding hydrogens is 426 g/mol. The van der Waals surface area contributed by atoms with E-state index >= 15 is 0 Å². The number of benzene rings is 1. The van der Waals surface area contributed by atoms with Crippen molar-refractivity contribution in [3.8, 4) is 0 Å². The third-order valence-corrected chi connectivity index (χ3v) is 7.17. The number of amides is 1. The molecule has 0 aliphatic carbocycles. The summed E-state index contributed by atoms with van der Waals surface area (Å²) in [6.07, 6.45) is 7.17. The van der Waals surface area contributed by atoms with E-state index in [1.807, 2.05) is 24.3 Å². The Balaban J connectivity index is 1.38. The maximum absolute atomic E-state index is 14.0. The number of likely N-dealkylation sites (N-methyl/N-ethyl adjacent to an activating group) is 1. The minimum absolute atomic E-state index is 0.0168. The highest BCUT2D eigenvalue weighted by molar-refractivity contribution is 5.81. The van der Waals surface area contributed by atoms with Gasteiger partial charge in [-0.25, -0.2) is 9.97 Å². The van der Waals surface area contributed by atoms with Gasteiger partial charge in [-0.1, -0.05) is 29.8 Å². The molecule has 0 bridgehead atoms. The van der Waals surface area contributed by atoms with Crippen LogP contribution in [0.4, 0.5) is 11.6 Å². The molecule has 8 heteroatoms. The molecule has 3 atom stereocenters. The van der Waals surface area contributed by atoms with Crippen molar-refractivity contribution in [2.24, 2.45) is 13.0 Å². The third kappa shape index (κ3) is 4.55. The molecule has 0 unspecified atom stereocenters. The molecule has 2 aliphatic heterocycles. The van der Waals surface area contributed by atoms with Crippen molar-refractivity contribution < 1.29 is 4.79 Å². The number of likely N-dealkylation sites (tertiary alicyclic amines) is 1. The van der Waals surface area contributed by atoms with E-state index in [2.05, 4.69) is 65.5 Å². The summed E-state index contributed by atoms with van der Waals surface area (Å²) in [6, 6.07) is 8.76. The molecule has 0 saturated carbocycles. The number of carbonyl (C=O) groups is 1. The van der Waals surface area contributed by atoms with E-state index in [1.54, 1.807) is 10.9 Å². The lowest BCUT2D eigenvalue weighted by Crippen LogP contribution is -2.50. The summed E-state index contributed by atoms with van der Waals surface area (Å²) < 4.78 is 1.73. The van der Waals surface area contributed by atoms with Gasteiger partial charge in [0.1, 0.15) is 0 Å².